The minimum atomic E-state index is 0.254. The second kappa shape index (κ2) is 12.1. The number of hydrogen-bond donors (Lipinski definition) is 3. The third-order valence-corrected chi connectivity index (χ3v) is 6.26. The van der Waals surface area contributed by atoms with Gasteiger partial charge in [-0.15, -0.1) is 0 Å². The molecule has 0 unspecified atom stereocenters. The summed E-state index contributed by atoms with van der Waals surface area (Å²) in [5.74, 6) is 0.815. The molecule has 0 fully saturated rings. The van der Waals surface area contributed by atoms with E-state index in [4.69, 9.17) is 0 Å². The van der Waals surface area contributed by atoms with Crippen molar-refractivity contribution in [1.82, 2.24) is 9.97 Å². The molecule has 0 aliphatic rings. The van der Waals surface area contributed by atoms with Gasteiger partial charge in [0.05, 0.1) is 0 Å². The molecule has 0 saturated carbocycles. The third-order valence-electron chi connectivity index (χ3n) is 6.26. The van der Waals surface area contributed by atoms with Crippen molar-refractivity contribution >= 4 is 21.8 Å². The molecule has 5 nitrogen and oxygen atoms in total. The number of nitrogens with zero attached hydrogens (tertiary/aromatic N) is 2. The standard InChI is InChI=1S/C12H10O.2C11H11NO/c13-12-8-4-7-11(9-12)10-5-2-1-3-6-10;2*1-7-6-8(2)12-11-9(7)4-3-5-10(11)13/h1-9,13H;2*3-6,13H,1-2H3. The van der Waals surface area contributed by atoms with Crippen molar-refractivity contribution in [1.29, 1.82) is 0 Å². The topological polar surface area (TPSA) is 86.5 Å². The fourth-order valence-corrected chi connectivity index (χ4v) is 4.45. The molecule has 2 heterocycles. The second-order valence-corrected chi connectivity index (χ2v) is 9.42. The second-order valence-electron chi connectivity index (χ2n) is 9.42. The number of phenols is 3. The molecule has 4 aromatic carbocycles. The van der Waals surface area contributed by atoms with Gasteiger partial charge in [0.2, 0.25) is 0 Å². The SMILES string of the molecule is Cc1cc(C)c2cccc(O)c2n1.Cc1cc(C)c2cccc(O)c2n1.Oc1cccc(-c2ccccc2)c1. The van der Waals surface area contributed by atoms with Crippen LogP contribution in [0.5, 0.6) is 17.2 Å². The van der Waals surface area contributed by atoms with Gasteiger partial charge in [-0.05, 0) is 86.3 Å². The zero-order valence-electron chi connectivity index (χ0n) is 22.6. The first-order chi connectivity index (χ1) is 18.7. The maximum Gasteiger partial charge on any atom is 0.141 e. The zero-order valence-corrected chi connectivity index (χ0v) is 22.6. The van der Waals surface area contributed by atoms with Crippen LogP contribution in [0.3, 0.4) is 0 Å². The Hall–Kier alpha value is -4.90. The predicted molar refractivity (Wildman–Crippen MR) is 159 cm³/mol. The van der Waals surface area contributed by atoms with Crippen LogP contribution in [0.25, 0.3) is 32.9 Å². The molecule has 2 aromatic heterocycles. The quantitative estimate of drug-likeness (QED) is 0.205. The highest BCUT2D eigenvalue weighted by molar-refractivity contribution is 5.87. The molecule has 0 aliphatic heterocycles. The number of aryl methyl sites for hydroxylation is 4. The van der Waals surface area contributed by atoms with Crippen molar-refractivity contribution in [2.75, 3.05) is 0 Å². The Kier molecular flexibility index (Phi) is 8.42. The van der Waals surface area contributed by atoms with Crippen LogP contribution in [0.1, 0.15) is 22.5 Å². The molecular formula is C34H32N2O3. The summed E-state index contributed by atoms with van der Waals surface area (Å²) in [6, 6.07) is 32.2. The van der Waals surface area contributed by atoms with Gasteiger partial charge < -0.3 is 15.3 Å². The van der Waals surface area contributed by atoms with Crippen molar-refractivity contribution in [3.63, 3.8) is 0 Å². The molecule has 6 aromatic rings. The minimum absolute atomic E-state index is 0.254. The first-order valence-electron chi connectivity index (χ1n) is 12.7. The Balaban J connectivity index is 0.000000136. The van der Waals surface area contributed by atoms with E-state index in [1.165, 1.54) is 0 Å². The Morgan fingerprint density at radius 2 is 0.923 bits per heavy atom. The van der Waals surface area contributed by atoms with Crippen LogP contribution in [0.2, 0.25) is 0 Å². The van der Waals surface area contributed by atoms with Crippen molar-refractivity contribution < 1.29 is 15.3 Å². The van der Waals surface area contributed by atoms with Gasteiger partial charge in [0.1, 0.15) is 28.3 Å². The molecule has 39 heavy (non-hydrogen) atoms. The van der Waals surface area contributed by atoms with Gasteiger partial charge in [-0.1, -0.05) is 66.7 Å². The van der Waals surface area contributed by atoms with E-state index in [-0.39, 0.29) is 11.5 Å². The molecule has 0 bridgehead atoms. The molecule has 196 valence electrons. The summed E-state index contributed by atoms with van der Waals surface area (Å²) in [7, 11) is 0. The number of fused-ring (bicyclic) bond motifs is 2. The Bertz CT molecular complexity index is 1640. The zero-order chi connectivity index (χ0) is 27.9. The Labute approximate surface area is 228 Å². The molecule has 0 atom stereocenters. The van der Waals surface area contributed by atoms with Gasteiger partial charge in [-0.2, -0.15) is 0 Å². The summed E-state index contributed by atoms with van der Waals surface area (Å²) in [6.07, 6.45) is 0. The summed E-state index contributed by atoms with van der Waals surface area (Å²) >= 11 is 0. The number of hydrogen-bond acceptors (Lipinski definition) is 5. The number of benzene rings is 4. The van der Waals surface area contributed by atoms with Gasteiger partial charge in [-0.25, -0.2) is 9.97 Å². The van der Waals surface area contributed by atoms with Gasteiger partial charge >= 0.3 is 0 Å². The van der Waals surface area contributed by atoms with Crippen molar-refractivity contribution in [3.05, 3.63) is 126 Å². The monoisotopic (exact) mass is 516 g/mol. The van der Waals surface area contributed by atoms with Crippen LogP contribution in [0.15, 0.2) is 103 Å². The summed E-state index contributed by atoms with van der Waals surface area (Å²) in [6.45, 7) is 7.91. The number of pyridine rings is 2. The fraction of sp³-hybridized carbons (Fsp3) is 0.118. The molecular weight excluding hydrogens is 484 g/mol. The third kappa shape index (κ3) is 6.70. The van der Waals surface area contributed by atoms with E-state index in [2.05, 4.69) is 9.97 Å². The van der Waals surface area contributed by atoms with Crippen LogP contribution in [0.4, 0.5) is 0 Å². The maximum atomic E-state index is 9.56. The van der Waals surface area contributed by atoms with E-state index in [1.807, 2.05) is 107 Å². The lowest BCUT2D eigenvalue weighted by Crippen LogP contribution is -1.87. The van der Waals surface area contributed by atoms with Crippen molar-refractivity contribution in [3.8, 4) is 28.4 Å². The largest absolute Gasteiger partial charge is 0.508 e. The first kappa shape index (κ1) is 27.1. The first-order valence-corrected chi connectivity index (χ1v) is 12.7. The maximum absolute atomic E-state index is 9.56. The summed E-state index contributed by atoms with van der Waals surface area (Å²) < 4.78 is 0. The number of aromatic nitrogens is 2. The highest BCUT2D eigenvalue weighted by Crippen LogP contribution is 2.26. The summed E-state index contributed by atoms with van der Waals surface area (Å²) in [5.41, 5.74) is 7.73. The van der Waals surface area contributed by atoms with Gasteiger partial charge in [0.15, 0.2) is 0 Å². The smallest absolute Gasteiger partial charge is 0.141 e. The van der Waals surface area contributed by atoms with Crippen LogP contribution < -0.4 is 0 Å². The fourth-order valence-electron chi connectivity index (χ4n) is 4.45. The highest BCUT2D eigenvalue weighted by Gasteiger charge is 2.04. The van der Waals surface area contributed by atoms with E-state index >= 15 is 0 Å². The lowest BCUT2D eigenvalue weighted by atomic mass is 10.1. The minimum Gasteiger partial charge on any atom is -0.508 e. The van der Waals surface area contributed by atoms with Crippen LogP contribution in [0, 0.1) is 27.7 Å². The molecule has 0 radical (unpaired) electrons. The number of phenolic OH excluding ortho intramolecular Hbond substituents is 3. The summed E-state index contributed by atoms with van der Waals surface area (Å²) in [5, 5.41) is 30.4. The van der Waals surface area contributed by atoms with E-state index in [9.17, 15) is 15.3 Å². The highest BCUT2D eigenvalue weighted by atomic mass is 16.3. The van der Waals surface area contributed by atoms with E-state index < -0.39 is 0 Å². The number of rotatable bonds is 1. The van der Waals surface area contributed by atoms with Crippen LogP contribution in [-0.2, 0) is 0 Å². The molecule has 3 N–H and O–H groups in total. The predicted octanol–water partition coefficient (Wildman–Crippen LogP) is 8.17. The van der Waals surface area contributed by atoms with Crippen LogP contribution in [-0.4, -0.2) is 25.3 Å². The lowest BCUT2D eigenvalue weighted by molar-refractivity contribution is 0.475. The van der Waals surface area contributed by atoms with E-state index in [1.54, 1.807) is 24.3 Å². The van der Waals surface area contributed by atoms with Crippen LogP contribution >= 0.6 is 0 Å². The molecule has 0 spiro atoms. The molecule has 0 aliphatic carbocycles. The number of para-hydroxylation sites is 2. The van der Waals surface area contributed by atoms with Crippen molar-refractivity contribution in [2.45, 2.75) is 27.7 Å². The van der Waals surface area contributed by atoms with Gasteiger partial charge in [-0.3, -0.25) is 0 Å². The number of aromatic hydroxyl groups is 3. The van der Waals surface area contributed by atoms with Gasteiger partial charge in [0.25, 0.3) is 0 Å². The molecule has 0 amide bonds. The molecule has 0 saturated heterocycles. The normalized spacial score (nSPS) is 10.4. The average Bonchev–Trinajstić information content (AvgIpc) is 2.91. The molecule has 6 rings (SSSR count). The van der Waals surface area contributed by atoms with E-state index in [0.717, 1.165) is 44.4 Å². The average molecular weight is 517 g/mol. The lowest BCUT2D eigenvalue weighted by Gasteiger charge is -2.04. The van der Waals surface area contributed by atoms with Crippen molar-refractivity contribution in [2.24, 2.45) is 0 Å². The Morgan fingerprint density at radius 1 is 0.462 bits per heavy atom. The van der Waals surface area contributed by atoms with Gasteiger partial charge in [0, 0.05) is 22.2 Å². The van der Waals surface area contributed by atoms with E-state index in [0.29, 0.717) is 16.8 Å². The summed E-state index contributed by atoms with van der Waals surface area (Å²) in [4.78, 5) is 8.57. The Morgan fingerprint density at radius 3 is 1.41 bits per heavy atom. The molecule has 5 heteroatoms.